The Bertz CT molecular complexity index is 389. The van der Waals surface area contributed by atoms with Crippen LogP contribution in [-0.4, -0.2) is 39.1 Å². The molecule has 2 heterocycles. The molecule has 1 aliphatic heterocycles. The lowest BCUT2D eigenvalue weighted by Gasteiger charge is -2.35. The summed E-state index contributed by atoms with van der Waals surface area (Å²) in [5.41, 5.74) is 0.659. The summed E-state index contributed by atoms with van der Waals surface area (Å²) in [6.45, 7) is 0.839. The van der Waals surface area contributed by atoms with Crippen LogP contribution in [0, 0.1) is 0 Å². The molecule has 2 rings (SSSR count). The van der Waals surface area contributed by atoms with Crippen LogP contribution in [0.3, 0.4) is 0 Å². The molecule has 0 spiro atoms. The Labute approximate surface area is 107 Å². The Balaban J connectivity index is 2.14. The van der Waals surface area contributed by atoms with E-state index in [-0.39, 0.29) is 5.91 Å². The minimum absolute atomic E-state index is 0.0832. The quantitative estimate of drug-likeness (QED) is 0.776. The van der Waals surface area contributed by atoms with Gasteiger partial charge in [-0.05, 0) is 31.7 Å². The van der Waals surface area contributed by atoms with Gasteiger partial charge in [0.05, 0.1) is 0 Å². The lowest BCUT2D eigenvalue weighted by molar-refractivity contribution is 0.0598. The Kier molecular flexibility index (Phi) is 4.05. The molecular formula is C12H18ClN3O. The number of carbonyl (C=O) groups is 1. The highest BCUT2D eigenvalue weighted by Crippen LogP contribution is 2.22. The number of alkyl halides is 1. The van der Waals surface area contributed by atoms with E-state index in [0.717, 1.165) is 25.8 Å². The maximum absolute atomic E-state index is 12.4. The zero-order chi connectivity index (χ0) is 12.3. The number of halogens is 1. The number of piperidine rings is 1. The van der Waals surface area contributed by atoms with E-state index in [9.17, 15) is 4.79 Å². The lowest BCUT2D eigenvalue weighted by atomic mass is 9.99. The second-order valence-corrected chi connectivity index (χ2v) is 4.84. The minimum atomic E-state index is 0.0832. The van der Waals surface area contributed by atoms with Gasteiger partial charge in [0.15, 0.2) is 0 Å². The molecule has 1 atom stereocenters. The third-order valence-electron chi connectivity index (χ3n) is 3.37. The van der Waals surface area contributed by atoms with E-state index < -0.39 is 0 Å². The SMILES string of the molecule is Cn1nccc1C(=O)N1CCCCC1CCCl. The maximum atomic E-state index is 12.4. The van der Waals surface area contributed by atoms with Crippen LogP contribution >= 0.6 is 11.6 Å². The molecule has 1 aliphatic rings. The first kappa shape index (κ1) is 12.4. The third kappa shape index (κ3) is 2.63. The molecule has 1 fully saturated rings. The highest BCUT2D eigenvalue weighted by molar-refractivity contribution is 6.17. The zero-order valence-corrected chi connectivity index (χ0v) is 10.9. The largest absolute Gasteiger partial charge is 0.334 e. The molecule has 0 aromatic carbocycles. The van der Waals surface area contributed by atoms with Gasteiger partial charge in [-0.1, -0.05) is 0 Å². The van der Waals surface area contributed by atoms with Crippen molar-refractivity contribution in [2.24, 2.45) is 7.05 Å². The van der Waals surface area contributed by atoms with E-state index in [1.165, 1.54) is 6.42 Å². The molecule has 4 nitrogen and oxygen atoms in total. The van der Waals surface area contributed by atoms with Crippen molar-refractivity contribution in [2.75, 3.05) is 12.4 Å². The molecular weight excluding hydrogens is 238 g/mol. The summed E-state index contributed by atoms with van der Waals surface area (Å²) < 4.78 is 1.63. The highest BCUT2D eigenvalue weighted by atomic mass is 35.5. The number of hydrogen-bond donors (Lipinski definition) is 0. The molecule has 1 amide bonds. The minimum Gasteiger partial charge on any atom is -0.334 e. The van der Waals surface area contributed by atoms with Crippen LogP contribution in [0.2, 0.25) is 0 Å². The van der Waals surface area contributed by atoms with Crippen molar-refractivity contribution >= 4 is 17.5 Å². The molecule has 0 N–H and O–H groups in total. The molecule has 5 heteroatoms. The second-order valence-electron chi connectivity index (χ2n) is 4.47. The van der Waals surface area contributed by atoms with Gasteiger partial charge in [-0.2, -0.15) is 5.10 Å². The summed E-state index contributed by atoms with van der Waals surface area (Å²) in [5, 5.41) is 4.05. The van der Waals surface area contributed by atoms with Crippen LogP contribution in [0.5, 0.6) is 0 Å². The molecule has 0 saturated carbocycles. The lowest BCUT2D eigenvalue weighted by Crippen LogP contribution is -2.44. The van der Waals surface area contributed by atoms with Crippen LogP contribution in [0.1, 0.15) is 36.2 Å². The number of aromatic nitrogens is 2. The van der Waals surface area contributed by atoms with Gasteiger partial charge < -0.3 is 4.90 Å². The molecule has 0 aliphatic carbocycles. The van der Waals surface area contributed by atoms with Crippen molar-refractivity contribution < 1.29 is 4.79 Å². The Morgan fingerprint density at radius 3 is 3.06 bits per heavy atom. The first-order valence-electron chi connectivity index (χ1n) is 6.09. The van der Waals surface area contributed by atoms with E-state index in [1.54, 1.807) is 24.0 Å². The van der Waals surface area contributed by atoms with Gasteiger partial charge in [0.1, 0.15) is 5.69 Å². The van der Waals surface area contributed by atoms with Crippen molar-refractivity contribution in [2.45, 2.75) is 31.7 Å². The monoisotopic (exact) mass is 255 g/mol. The topological polar surface area (TPSA) is 38.1 Å². The number of aryl methyl sites for hydroxylation is 1. The number of likely N-dealkylation sites (tertiary alicyclic amines) is 1. The summed E-state index contributed by atoms with van der Waals surface area (Å²) in [4.78, 5) is 14.4. The number of amides is 1. The molecule has 0 bridgehead atoms. The van der Waals surface area contributed by atoms with Gasteiger partial charge in [0.2, 0.25) is 0 Å². The van der Waals surface area contributed by atoms with Crippen LogP contribution in [0.25, 0.3) is 0 Å². The first-order valence-corrected chi connectivity index (χ1v) is 6.62. The van der Waals surface area contributed by atoms with Gasteiger partial charge in [-0.3, -0.25) is 9.48 Å². The van der Waals surface area contributed by atoms with Gasteiger partial charge in [-0.25, -0.2) is 0 Å². The maximum Gasteiger partial charge on any atom is 0.272 e. The van der Waals surface area contributed by atoms with E-state index in [2.05, 4.69) is 5.10 Å². The predicted octanol–water partition coefficient (Wildman–Crippen LogP) is 2.04. The Hall–Kier alpha value is -1.03. The third-order valence-corrected chi connectivity index (χ3v) is 3.59. The smallest absolute Gasteiger partial charge is 0.272 e. The van der Waals surface area contributed by atoms with Gasteiger partial charge in [0.25, 0.3) is 5.91 Å². The summed E-state index contributed by atoms with van der Waals surface area (Å²) in [5.74, 6) is 0.694. The molecule has 0 radical (unpaired) electrons. The van der Waals surface area contributed by atoms with E-state index in [0.29, 0.717) is 17.6 Å². The first-order chi connectivity index (χ1) is 8.24. The zero-order valence-electron chi connectivity index (χ0n) is 10.1. The molecule has 1 aromatic rings. The van der Waals surface area contributed by atoms with Crippen molar-refractivity contribution in [3.63, 3.8) is 0 Å². The molecule has 17 heavy (non-hydrogen) atoms. The number of nitrogens with zero attached hydrogens (tertiary/aromatic N) is 3. The Morgan fingerprint density at radius 2 is 2.41 bits per heavy atom. The van der Waals surface area contributed by atoms with E-state index in [4.69, 9.17) is 11.6 Å². The van der Waals surface area contributed by atoms with Crippen molar-refractivity contribution in [1.82, 2.24) is 14.7 Å². The second kappa shape index (κ2) is 5.54. The van der Waals surface area contributed by atoms with Crippen LogP contribution in [0.15, 0.2) is 12.3 Å². The van der Waals surface area contributed by atoms with Crippen molar-refractivity contribution in [1.29, 1.82) is 0 Å². The average molecular weight is 256 g/mol. The fraction of sp³-hybridized carbons (Fsp3) is 0.667. The summed E-state index contributed by atoms with van der Waals surface area (Å²) >= 11 is 5.81. The molecule has 94 valence electrons. The average Bonchev–Trinajstić information content (AvgIpc) is 2.76. The Morgan fingerprint density at radius 1 is 1.59 bits per heavy atom. The fourth-order valence-corrected chi connectivity index (χ4v) is 2.68. The molecule has 1 saturated heterocycles. The predicted molar refractivity (Wildman–Crippen MR) is 67.2 cm³/mol. The van der Waals surface area contributed by atoms with Crippen LogP contribution < -0.4 is 0 Å². The van der Waals surface area contributed by atoms with Gasteiger partial charge in [0, 0.05) is 31.7 Å². The summed E-state index contributed by atoms with van der Waals surface area (Å²) in [6, 6.07) is 2.07. The van der Waals surface area contributed by atoms with Crippen molar-refractivity contribution in [3.05, 3.63) is 18.0 Å². The summed E-state index contributed by atoms with van der Waals surface area (Å²) in [6.07, 6.45) is 5.88. The standard InChI is InChI=1S/C12H18ClN3O/c1-15-11(6-8-14-15)12(17)16-9-3-2-4-10(16)5-7-13/h6,8,10H,2-5,7,9H2,1H3. The van der Waals surface area contributed by atoms with E-state index >= 15 is 0 Å². The highest BCUT2D eigenvalue weighted by Gasteiger charge is 2.28. The van der Waals surface area contributed by atoms with Crippen LogP contribution in [-0.2, 0) is 7.05 Å². The van der Waals surface area contributed by atoms with Crippen molar-refractivity contribution in [3.8, 4) is 0 Å². The van der Waals surface area contributed by atoms with Crippen LogP contribution in [0.4, 0.5) is 0 Å². The van der Waals surface area contributed by atoms with Gasteiger partial charge in [-0.15, -0.1) is 11.6 Å². The number of rotatable bonds is 3. The van der Waals surface area contributed by atoms with Gasteiger partial charge >= 0.3 is 0 Å². The molecule has 1 aromatic heterocycles. The summed E-state index contributed by atoms with van der Waals surface area (Å²) in [7, 11) is 1.80. The molecule has 1 unspecified atom stereocenters. The normalized spacial score (nSPS) is 20.6. The number of carbonyl (C=O) groups excluding carboxylic acids is 1. The number of hydrogen-bond acceptors (Lipinski definition) is 2. The fourth-order valence-electron chi connectivity index (χ4n) is 2.42. The van der Waals surface area contributed by atoms with E-state index in [1.807, 2.05) is 4.90 Å².